The van der Waals surface area contributed by atoms with Crippen LogP contribution in [-0.2, 0) is 19.4 Å². The lowest BCUT2D eigenvalue weighted by molar-refractivity contribution is 0.392. The first kappa shape index (κ1) is 16.8. The molecule has 0 amide bonds. The molecule has 0 bridgehead atoms. The largest absolute Gasteiger partial charge is 0.469 e. The molecule has 0 spiro atoms. The SMILES string of the molecule is CN=C(NCCc1ccco1)NC1CCc2ncnn2C1.I. The van der Waals surface area contributed by atoms with E-state index in [0.29, 0.717) is 6.04 Å². The fourth-order valence-electron chi connectivity index (χ4n) is 2.50. The number of aliphatic imine (C=N–C) groups is 1. The van der Waals surface area contributed by atoms with Gasteiger partial charge in [-0.1, -0.05) is 0 Å². The summed E-state index contributed by atoms with van der Waals surface area (Å²) in [6.07, 6.45) is 6.14. The third-order valence-corrected chi connectivity index (χ3v) is 3.61. The molecule has 0 fully saturated rings. The van der Waals surface area contributed by atoms with Crippen LogP contribution < -0.4 is 10.6 Å². The van der Waals surface area contributed by atoms with E-state index in [1.165, 1.54) is 0 Å². The van der Waals surface area contributed by atoms with E-state index in [1.54, 1.807) is 19.6 Å². The molecule has 2 aromatic rings. The Morgan fingerprint density at radius 3 is 3.23 bits per heavy atom. The Bertz CT molecular complexity index is 594. The van der Waals surface area contributed by atoms with E-state index in [4.69, 9.17) is 4.42 Å². The number of nitrogens with one attached hydrogen (secondary N) is 2. The van der Waals surface area contributed by atoms with E-state index >= 15 is 0 Å². The summed E-state index contributed by atoms with van der Waals surface area (Å²) in [5.74, 6) is 2.85. The van der Waals surface area contributed by atoms with E-state index in [2.05, 4.69) is 25.7 Å². The van der Waals surface area contributed by atoms with Gasteiger partial charge in [-0.3, -0.25) is 4.99 Å². The topological polar surface area (TPSA) is 80.3 Å². The number of fused-ring (bicyclic) bond motifs is 1. The number of rotatable bonds is 4. The molecule has 0 saturated carbocycles. The van der Waals surface area contributed by atoms with Gasteiger partial charge in [0.25, 0.3) is 0 Å². The van der Waals surface area contributed by atoms with Crippen LogP contribution in [0.3, 0.4) is 0 Å². The van der Waals surface area contributed by atoms with Crippen molar-refractivity contribution in [2.45, 2.75) is 31.8 Å². The lowest BCUT2D eigenvalue weighted by Crippen LogP contribution is -2.47. The predicted molar refractivity (Wildman–Crippen MR) is 94.5 cm³/mol. The number of aryl methyl sites for hydroxylation is 1. The summed E-state index contributed by atoms with van der Waals surface area (Å²) >= 11 is 0. The van der Waals surface area contributed by atoms with Crippen LogP contribution in [0.15, 0.2) is 34.1 Å². The first-order valence-corrected chi connectivity index (χ1v) is 7.21. The molecule has 0 aromatic carbocycles. The van der Waals surface area contributed by atoms with Gasteiger partial charge in [0, 0.05) is 32.5 Å². The van der Waals surface area contributed by atoms with Gasteiger partial charge in [0.05, 0.1) is 12.8 Å². The highest BCUT2D eigenvalue weighted by Gasteiger charge is 2.20. The molecule has 0 saturated heterocycles. The van der Waals surface area contributed by atoms with Crippen molar-refractivity contribution in [3.05, 3.63) is 36.3 Å². The molecule has 7 nitrogen and oxygen atoms in total. The number of hydrogen-bond acceptors (Lipinski definition) is 4. The molecule has 2 aromatic heterocycles. The Balaban J connectivity index is 0.00000176. The molecule has 1 unspecified atom stereocenters. The van der Waals surface area contributed by atoms with Crippen molar-refractivity contribution in [1.29, 1.82) is 0 Å². The molecular weight excluding hydrogens is 395 g/mol. The monoisotopic (exact) mass is 416 g/mol. The standard InChI is InChI=1S/C14H20N6O.HI/c1-15-14(16-7-6-12-3-2-8-21-12)19-11-4-5-13-17-10-18-20(13)9-11;/h2-3,8,10-11H,4-7,9H2,1H3,(H2,15,16,19);1H. The van der Waals surface area contributed by atoms with Crippen molar-refractivity contribution in [3.63, 3.8) is 0 Å². The van der Waals surface area contributed by atoms with Crippen LogP contribution in [0.5, 0.6) is 0 Å². The number of guanidine groups is 1. The van der Waals surface area contributed by atoms with Crippen LogP contribution in [-0.4, -0.2) is 40.4 Å². The van der Waals surface area contributed by atoms with E-state index < -0.39 is 0 Å². The van der Waals surface area contributed by atoms with Gasteiger partial charge in [0.1, 0.15) is 17.9 Å². The first-order valence-electron chi connectivity index (χ1n) is 7.21. The summed E-state index contributed by atoms with van der Waals surface area (Å²) in [7, 11) is 1.78. The van der Waals surface area contributed by atoms with Gasteiger partial charge in [-0.25, -0.2) is 9.67 Å². The van der Waals surface area contributed by atoms with Gasteiger partial charge >= 0.3 is 0 Å². The molecule has 120 valence electrons. The number of aromatic nitrogens is 3. The lowest BCUT2D eigenvalue weighted by atomic mass is 10.1. The quantitative estimate of drug-likeness (QED) is 0.445. The smallest absolute Gasteiger partial charge is 0.191 e. The minimum Gasteiger partial charge on any atom is -0.469 e. The Hall–Kier alpha value is -1.58. The van der Waals surface area contributed by atoms with Gasteiger partial charge in [0.15, 0.2) is 5.96 Å². The fourth-order valence-corrected chi connectivity index (χ4v) is 2.50. The van der Waals surface area contributed by atoms with E-state index in [-0.39, 0.29) is 24.0 Å². The maximum absolute atomic E-state index is 5.31. The minimum absolute atomic E-state index is 0. The summed E-state index contributed by atoms with van der Waals surface area (Å²) < 4.78 is 7.27. The van der Waals surface area contributed by atoms with Crippen LogP contribution in [0.2, 0.25) is 0 Å². The van der Waals surface area contributed by atoms with Crippen molar-refractivity contribution >= 4 is 29.9 Å². The van der Waals surface area contributed by atoms with Crippen LogP contribution in [0.25, 0.3) is 0 Å². The second kappa shape index (κ2) is 8.16. The summed E-state index contributed by atoms with van der Waals surface area (Å²) in [5, 5.41) is 11.0. The van der Waals surface area contributed by atoms with Crippen LogP contribution in [0.4, 0.5) is 0 Å². The van der Waals surface area contributed by atoms with E-state index in [9.17, 15) is 0 Å². The van der Waals surface area contributed by atoms with Crippen LogP contribution >= 0.6 is 24.0 Å². The molecule has 0 radical (unpaired) electrons. The van der Waals surface area contributed by atoms with Gasteiger partial charge in [0.2, 0.25) is 0 Å². The van der Waals surface area contributed by atoms with E-state index in [1.807, 2.05) is 16.8 Å². The van der Waals surface area contributed by atoms with Crippen molar-refractivity contribution < 1.29 is 4.42 Å². The molecule has 8 heteroatoms. The normalized spacial score (nSPS) is 17.5. The summed E-state index contributed by atoms with van der Waals surface area (Å²) in [5.41, 5.74) is 0. The molecule has 1 aliphatic rings. The Labute approximate surface area is 146 Å². The number of furan rings is 1. The first-order chi connectivity index (χ1) is 10.3. The zero-order valence-electron chi connectivity index (χ0n) is 12.5. The van der Waals surface area contributed by atoms with Crippen molar-refractivity contribution in [2.75, 3.05) is 13.6 Å². The number of nitrogens with zero attached hydrogens (tertiary/aromatic N) is 4. The van der Waals surface area contributed by atoms with Crippen molar-refractivity contribution in [2.24, 2.45) is 4.99 Å². The summed E-state index contributed by atoms with van der Waals surface area (Å²) in [4.78, 5) is 8.50. The minimum atomic E-state index is 0. The molecule has 1 atom stereocenters. The van der Waals surface area contributed by atoms with E-state index in [0.717, 1.165) is 49.9 Å². The summed E-state index contributed by atoms with van der Waals surface area (Å²) in [6, 6.07) is 4.21. The van der Waals surface area contributed by atoms with Crippen LogP contribution in [0.1, 0.15) is 18.0 Å². The molecule has 2 N–H and O–H groups in total. The molecule has 0 aliphatic carbocycles. The zero-order valence-corrected chi connectivity index (χ0v) is 14.9. The highest BCUT2D eigenvalue weighted by molar-refractivity contribution is 14.0. The number of hydrogen-bond donors (Lipinski definition) is 2. The van der Waals surface area contributed by atoms with Gasteiger partial charge in [-0.2, -0.15) is 5.10 Å². The summed E-state index contributed by atoms with van der Waals surface area (Å²) in [6.45, 7) is 1.61. The third kappa shape index (κ3) is 4.21. The van der Waals surface area contributed by atoms with Gasteiger partial charge < -0.3 is 15.1 Å². The molecule has 3 rings (SSSR count). The number of halogens is 1. The predicted octanol–water partition coefficient (Wildman–Crippen LogP) is 1.21. The Morgan fingerprint density at radius 1 is 1.55 bits per heavy atom. The van der Waals surface area contributed by atoms with Crippen molar-refractivity contribution in [3.8, 4) is 0 Å². The highest BCUT2D eigenvalue weighted by Crippen LogP contribution is 2.11. The second-order valence-electron chi connectivity index (χ2n) is 5.07. The lowest BCUT2D eigenvalue weighted by Gasteiger charge is -2.25. The van der Waals surface area contributed by atoms with Gasteiger partial charge in [-0.05, 0) is 18.6 Å². The van der Waals surface area contributed by atoms with Crippen molar-refractivity contribution in [1.82, 2.24) is 25.4 Å². The maximum atomic E-state index is 5.31. The zero-order chi connectivity index (χ0) is 14.5. The maximum Gasteiger partial charge on any atom is 0.191 e. The van der Waals surface area contributed by atoms with Gasteiger partial charge in [-0.15, -0.1) is 24.0 Å². The molecule has 1 aliphatic heterocycles. The Morgan fingerprint density at radius 2 is 2.45 bits per heavy atom. The second-order valence-corrected chi connectivity index (χ2v) is 5.07. The van der Waals surface area contributed by atoms with Crippen LogP contribution in [0, 0.1) is 0 Å². The third-order valence-electron chi connectivity index (χ3n) is 3.61. The Kier molecular flexibility index (Phi) is 6.22. The molecular formula is C14H21IN6O. The molecule has 22 heavy (non-hydrogen) atoms. The highest BCUT2D eigenvalue weighted by atomic mass is 127. The average Bonchev–Trinajstić information content (AvgIpc) is 3.16. The fraction of sp³-hybridized carbons (Fsp3) is 0.500. The average molecular weight is 416 g/mol. The molecule has 3 heterocycles.